The number of benzene rings is 4. The van der Waals surface area contributed by atoms with E-state index >= 15 is 0 Å². The van der Waals surface area contributed by atoms with E-state index < -0.39 is 63.9 Å². The predicted molar refractivity (Wildman–Crippen MR) is 222 cm³/mol. The summed E-state index contributed by atoms with van der Waals surface area (Å²) in [5, 5.41) is 10.9. The minimum absolute atomic E-state index is 0.0104. The second-order valence-electron chi connectivity index (χ2n) is 12.2. The fourth-order valence-corrected chi connectivity index (χ4v) is 5.64. The Hall–Kier alpha value is -5.90. The average molecular weight is 1060 g/mol. The van der Waals surface area contributed by atoms with Crippen LogP contribution in [0.25, 0.3) is 0 Å². The van der Waals surface area contributed by atoms with Gasteiger partial charge < -0.3 is 35.1 Å². The standard InChI is InChI=1S/C20H12BrClF4N2O3.C14H7ClF4O4.C6H7BrN2/c1-10-9-27-16(21)8-14(10)28-19(29)17-15(7-6-13(22)18(17)23)30-11-2-4-12(5-3-11)31-20(24,25)26;15-9-5-6-10(11(12(9)16)13(20)21)22-7-1-3-8(4-2-7)23-14(17,18)19;1-4-3-9-6(7)2-5(4)8/h2-9H,1H3,(H,27,28,29);1-6H,(H,20,21);2-3H,1H3,(H2,8,9). The average Bonchev–Trinajstić information content (AvgIpc) is 3.18. The van der Waals surface area contributed by atoms with Crippen LogP contribution in [0, 0.1) is 25.5 Å². The first-order chi connectivity index (χ1) is 29.4. The van der Waals surface area contributed by atoms with Gasteiger partial charge in [0.25, 0.3) is 5.91 Å². The highest BCUT2D eigenvalue weighted by Crippen LogP contribution is 2.35. The molecule has 0 atom stereocenters. The van der Waals surface area contributed by atoms with Gasteiger partial charge in [0.1, 0.15) is 54.8 Å². The summed E-state index contributed by atoms with van der Waals surface area (Å²) in [4.78, 5) is 31.9. The fraction of sp³-hybridized carbons (Fsp3) is 0.100. The maximum absolute atomic E-state index is 14.7. The first kappa shape index (κ1) is 49.8. The molecule has 0 aliphatic carbocycles. The van der Waals surface area contributed by atoms with Gasteiger partial charge in [0.15, 0.2) is 11.6 Å². The molecule has 0 unspecified atom stereocenters. The Kier molecular flexibility index (Phi) is 16.9. The van der Waals surface area contributed by atoms with Gasteiger partial charge in [-0.1, -0.05) is 23.2 Å². The number of aromatic carboxylic acids is 1. The lowest BCUT2D eigenvalue weighted by Crippen LogP contribution is -2.17. The van der Waals surface area contributed by atoms with E-state index in [9.17, 15) is 44.7 Å². The van der Waals surface area contributed by atoms with Crippen LogP contribution in [-0.2, 0) is 0 Å². The number of ether oxygens (including phenoxy) is 4. The zero-order valence-electron chi connectivity index (χ0n) is 31.6. The topological polar surface area (TPSA) is 155 Å². The van der Waals surface area contributed by atoms with E-state index in [0.29, 0.717) is 15.9 Å². The van der Waals surface area contributed by atoms with E-state index in [4.69, 9.17) is 43.5 Å². The number of nitrogen functional groups attached to an aromatic ring is 1. The molecular weight excluding hydrogens is 1030 g/mol. The number of hydrogen-bond donors (Lipinski definition) is 3. The number of nitrogens with zero attached hydrogens (tertiary/aromatic N) is 2. The molecule has 0 aliphatic heterocycles. The van der Waals surface area contributed by atoms with Crippen LogP contribution in [0.4, 0.5) is 46.5 Å². The van der Waals surface area contributed by atoms with Gasteiger partial charge in [0.05, 0.1) is 10.0 Å². The first-order valence-corrected chi connectivity index (χ1v) is 19.3. The number of carbonyl (C=O) groups excluding carboxylic acids is 1. The van der Waals surface area contributed by atoms with Gasteiger partial charge in [-0.3, -0.25) is 4.79 Å². The number of nitrogens with one attached hydrogen (secondary N) is 1. The molecule has 2 heterocycles. The van der Waals surface area contributed by atoms with E-state index in [-0.39, 0.29) is 28.0 Å². The third-order valence-corrected chi connectivity index (χ3v) is 9.01. The quantitative estimate of drug-likeness (QED) is 0.0941. The highest BCUT2D eigenvalue weighted by Gasteiger charge is 2.32. The Labute approximate surface area is 377 Å². The highest BCUT2D eigenvalue weighted by atomic mass is 79.9. The minimum Gasteiger partial charge on any atom is -0.477 e. The van der Waals surface area contributed by atoms with Gasteiger partial charge >= 0.3 is 18.7 Å². The number of aromatic nitrogens is 2. The van der Waals surface area contributed by atoms with Crippen molar-refractivity contribution in [1.82, 2.24) is 9.97 Å². The van der Waals surface area contributed by atoms with Crippen molar-refractivity contribution in [3.8, 4) is 34.5 Å². The monoisotopic (exact) mass is 1050 g/mol. The zero-order valence-corrected chi connectivity index (χ0v) is 36.3. The largest absolute Gasteiger partial charge is 0.573 e. The summed E-state index contributed by atoms with van der Waals surface area (Å²) in [6, 6.07) is 16.6. The fourth-order valence-electron chi connectivity index (χ4n) is 4.65. The number of hydrogen-bond acceptors (Lipinski definition) is 9. The van der Waals surface area contributed by atoms with E-state index in [1.807, 2.05) is 6.92 Å². The number of carbonyl (C=O) groups is 2. The van der Waals surface area contributed by atoms with Crippen molar-refractivity contribution < 1.29 is 68.8 Å². The molecule has 332 valence electrons. The van der Waals surface area contributed by atoms with Crippen LogP contribution in [0.5, 0.6) is 34.5 Å². The number of alkyl halides is 6. The Morgan fingerprint density at radius 3 is 1.46 bits per heavy atom. The number of anilines is 2. The van der Waals surface area contributed by atoms with Crippen molar-refractivity contribution >= 4 is 78.3 Å². The second-order valence-corrected chi connectivity index (χ2v) is 14.6. The van der Waals surface area contributed by atoms with Gasteiger partial charge in [-0.05, 0) is 142 Å². The predicted octanol–water partition coefficient (Wildman–Crippen LogP) is 13.5. The zero-order chi connectivity index (χ0) is 46.8. The molecule has 0 aliphatic rings. The number of carboxylic acids is 1. The van der Waals surface area contributed by atoms with Crippen molar-refractivity contribution in [2.24, 2.45) is 0 Å². The molecule has 0 saturated heterocycles. The molecule has 1 amide bonds. The molecule has 6 aromatic rings. The summed E-state index contributed by atoms with van der Waals surface area (Å²) in [7, 11) is 0. The van der Waals surface area contributed by atoms with Gasteiger partial charge in [-0.15, -0.1) is 26.3 Å². The Morgan fingerprint density at radius 2 is 1.05 bits per heavy atom. The van der Waals surface area contributed by atoms with Crippen LogP contribution in [0.15, 0.2) is 107 Å². The molecule has 23 heteroatoms. The Morgan fingerprint density at radius 1 is 0.651 bits per heavy atom. The lowest BCUT2D eigenvalue weighted by atomic mass is 10.1. The smallest absolute Gasteiger partial charge is 0.477 e. The number of aryl methyl sites for hydroxylation is 2. The van der Waals surface area contributed by atoms with E-state index in [1.165, 1.54) is 36.5 Å². The normalized spacial score (nSPS) is 11.0. The molecule has 11 nitrogen and oxygen atoms in total. The molecule has 0 spiro atoms. The number of amides is 1. The van der Waals surface area contributed by atoms with Crippen molar-refractivity contribution in [2.75, 3.05) is 11.1 Å². The molecule has 6 rings (SSSR count). The van der Waals surface area contributed by atoms with Crippen molar-refractivity contribution in [2.45, 2.75) is 26.6 Å². The lowest BCUT2D eigenvalue weighted by Gasteiger charge is -2.15. The van der Waals surface area contributed by atoms with Crippen LogP contribution in [0.1, 0.15) is 31.8 Å². The molecule has 0 saturated carbocycles. The van der Waals surface area contributed by atoms with E-state index in [1.54, 1.807) is 19.2 Å². The van der Waals surface area contributed by atoms with Crippen molar-refractivity contribution in [3.05, 3.63) is 150 Å². The summed E-state index contributed by atoms with van der Waals surface area (Å²) in [5.41, 5.74) is 7.08. The van der Waals surface area contributed by atoms with Gasteiger partial charge in [0.2, 0.25) is 0 Å². The second kappa shape index (κ2) is 21.5. The maximum Gasteiger partial charge on any atom is 0.573 e. The van der Waals surface area contributed by atoms with Gasteiger partial charge in [-0.25, -0.2) is 23.5 Å². The number of carboxylic acid groups (broad SMARTS) is 1. The molecule has 0 bridgehead atoms. The molecular formula is C40H26Br2Cl2F8N4O7. The number of halogens is 12. The summed E-state index contributed by atoms with van der Waals surface area (Å²) in [6.45, 7) is 3.63. The van der Waals surface area contributed by atoms with E-state index in [2.05, 4.69) is 56.6 Å². The minimum atomic E-state index is -4.84. The van der Waals surface area contributed by atoms with Crippen LogP contribution in [-0.4, -0.2) is 39.7 Å². The van der Waals surface area contributed by atoms with Crippen LogP contribution < -0.4 is 30.0 Å². The number of nitrogens with two attached hydrogens (primary N) is 1. The maximum atomic E-state index is 14.7. The summed E-state index contributed by atoms with van der Waals surface area (Å²) in [6.07, 6.45) is -6.43. The third-order valence-electron chi connectivity index (χ3n) is 7.55. The highest BCUT2D eigenvalue weighted by molar-refractivity contribution is 9.10. The SMILES string of the molecule is Cc1cnc(Br)cc1N.Cc1cnc(Br)cc1NC(=O)c1c(Oc2ccc(OC(F)(F)F)cc2)ccc(Cl)c1F.O=C(O)c1c(Oc2ccc(OC(F)(F)F)cc2)ccc(Cl)c1F. The number of rotatable bonds is 9. The van der Waals surface area contributed by atoms with Crippen molar-refractivity contribution in [1.29, 1.82) is 0 Å². The van der Waals surface area contributed by atoms with Crippen LogP contribution in [0.2, 0.25) is 10.0 Å². The van der Waals surface area contributed by atoms with Gasteiger partial charge in [0, 0.05) is 23.8 Å². The molecule has 63 heavy (non-hydrogen) atoms. The first-order valence-electron chi connectivity index (χ1n) is 17.0. The summed E-state index contributed by atoms with van der Waals surface area (Å²) in [5.74, 6) is -6.06. The Bertz CT molecular complexity index is 2590. The van der Waals surface area contributed by atoms with Crippen LogP contribution >= 0.6 is 55.1 Å². The molecule has 4 aromatic carbocycles. The molecule has 2 aromatic heterocycles. The van der Waals surface area contributed by atoms with Crippen LogP contribution in [0.3, 0.4) is 0 Å². The molecule has 0 radical (unpaired) electrons. The van der Waals surface area contributed by atoms with E-state index in [0.717, 1.165) is 64.4 Å². The third kappa shape index (κ3) is 15.2. The summed E-state index contributed by atoms with van der Waals surface area (Å²) < 4.78 is 121. The Balaban J connectivity index is 0.000000237. The molecule has 4 N–H and O–H groups in total. The lowest BCUT2D eigenvalue weighted by molar-refractivity contribution is -0.275. The van der Waals surface area contributed by atoms with Gasteiger partial charge in [-0.2, -0.15) is 0 Å². The molecule has 0 fully saturated rings. The number of pyridine rings is 2. The summed E-state index contributed by atoms with van der Waals surface area (Å²) >= 11 is 17.7. The van der Waals surface area contributed by atoms with Crippen molar-refractivity contribution in [3.63, 3.8) is 0 Å².